The van der Waals surface area contributed by atoms with Gasteiger partial charge in [0, 0.05) is 37.7 Å². The predicted octanol–water partition coefficient (Wildman–Crippen LogP) is 8.50. The van der Waals surface area contributed by atoms with Crippen LogP contribution in [0.25, 0.3) is 64.7 Å². The van der Waals surface area contributed by atoms with Crippen LogP contribution in [0.1, 0.15) is 0 Å². The molecule has 0 bridgehead atoms. The molecule has 0 aliphatic carbocycles. The molecule has 0 fully saturated rings. The third kappa shape index (κ3) is 4.03. The Morgan fingerprint density at radius 1 is 0.703 bits per heavy atom. The Morgan fingerprint density at radius 3 is 2.30 bits per heavy atom. The molecule has 7 aromatic rings. The molecule has 0 unspecified atom stereocenters. The quantitative estimate of drug-likeness (QED) is 0.191. The van der Waals surface area contributed by atoms with E-state index in [1.165, 1.54) is 0 Å². The van der Waals surface area contributed by atoms with Gasteiger partial charge in [0.15, 0.2) is 0 Å². The van der Waals surface area contributed by atoms with Crippen molar-refractivity contribution >= 4 is 43.1 Å². The van der Waals surface area contributed by atoms with Crippen LogP contribution < -0.4 is 0 Å². The summed E-state index contributed by atoms with van der Waals surface area (Å²) in [5.41, 5.74) is 5.53. The Balaban J connectivity index is 0.00000252. The zero-order chi connectivity index (χ0) is 24.1. The van der Waals surface area contributed by atoms with Crippen molar-refractivity contribution in [2.75, 3.05) is 0 Å². The van der Waals surface area contributed by atoms with E-state index in [2.05, 4.69) is 66.7 Å². The average molecular weight is 675 g/mol. The molecule has 1 N–H and O–H groups in total. The number of rotatable bonds is 3. The standard InChI is InChI=1S/C32H19N2OS.Pt/c35-28-14-6-5-12-26(28)32-34-31-25(13-7-15-29(31)36-32)27-19-22(18-21-9-2-3-10-23(21)27)30-24-11-4-1-8-20(24)16-17-33-30;/h1-18,35H;/q-1;. The molecule has 3 nitrogen and oxygen atoms in total. The van der Waals surface area contributed by atoms with Gasteiger partial charge in [0.1, 0.15) is 10.8 Å². The van der Waals surface area contributed by atoms with E-state index in [4.69, 9.17) is 9.97 Å². The van der Waals surface area contributed by atoms with Gasteiger partial charge >= 0.3 is 0 Å². The number of benzene rings is 5. The van der Waals surface area contributed by atoms with Crippen molar-refractivity contribution in [3.63, 3.8) is 0 Å². The first-order valence-electron chi connectivity index (χ1n) is 11.7. The Morgan fingerprint density at radius 2 is 1.43 bits per heavy atom. The molecule has 0 spiro atoms. The largest absolute Gasteiger partial charge is 0.507 e. The molecule has 2 heterocycles. The maximum atomic E-state index is 10.4. The number of para-hydroxylation sites is 2. The van der Waals surface area contributed by atoms with E-state index < -0.39 is 0 Å². The molecule has 37 heavy (non-hydrogen) atoms. The molecule has 0 atom stereocenters. The molecule has 0 saturated carbocycles. The van der Waals surface area contributed by atoms with E-state index in [-0.39, 0.29) is 26.8 Å². The number of thiazole rings is 1. The average Bonchev–Trinajstić information content (AvgIpc) is 3.37. The van der Waals surface area contributed by atoms with E-state index in [1.807, 2.05) is 42.6 Å². The van der Waals surface area contributed by atoms with Gasteiger partial charge in [0.05, 0.1) is 11.1 Å². The van der Waals surface area contributed by atoms with E-state index in [9.17, 15) is 5.11 Å². The molecular weight excluding hydrogens is 656 g/mol. The minimum absolute atomic E-state index is 0. The summed E-state index contributed by atoms with van der Waals surface area (Å²) < 4.78 is 1.07. The second-order valence-corrected chi connectivity index (χ2v) is 9.75. The maximum Gasteiger partial charge on any atom is 0.127 e. The van der Waals surface area contributed by atoms with Crippen LogP contribution >= 0.6 is 11.3 Å². The molecule has 2 aromatic heterocycles. The van der Waals surface area contributed by atoms with Crippen molar-refractivity contribution in [2.24, 2.45) is 0 Å². The minimum Gasteiger partial charge on any atom is -0.507 e. The Hall–Kier alpha value is -3.85. The molecule has 0 amide bonds. The van der Waals surface area contributed by atoms with Gasteiger partial charge in [0.2, 0.25) is 0 Å². The zero-order valence-corrected chi connectivity index (χ0v) is 22.5. The number of aromatic hydroxyl groups is 1. The second kappa shape index (κ2) is 9.55. The van der Waals surface area contributed by atoms with Crippen molar-refractivity contribution in [2.45, 2.75) is 0 Å². The van der Waals surface area contributed by atoms with Gasteiger partial charge in [-0.05, 0) is 35.0 Å². The summed E-state index contributed by atoms with van der Waals surface area (Å²) in [6.45, 7) is 0. The third-order valence-corrected chi connectivity index (χ3v) is 7.60. The van der Waals surface area contributed by atoms with Gasteiger partial charge in [-0.3, -0.25) is 4.98 Å². The molecular formula is C32H19N2OPtS-. The van der Waals surface area contributed by atoms with Gasteiger partial charge in [0.25, 0.3) is 0 Å². The number of phenolic OH excluding ortho intramolecular Hbond substituents is 1. The number of phenols is 1. The summed E-state index contributed by atoms with van der Waals surface area (Å²) in [6.07, 6.45) is 1.86. The van der Waals surface area contributed by atoms with Gasteiger partial charge in [-0.25, -0.2) is 4.98 Å². The molecule has 5 aromatic carbocycles. The monoisotopic (exact) mass is 674 g/mol. The summed E-state index contributed by atoms with van der Waals surface area (Å²) in [5.74, 6) is 0.235. The maximum absolute atomic E-state index is 10.4. The first-order valence-corrected chi connectivity index (χ1v) is 12.6. The molecule has 7 rings (SSSR count). The summed E-state index contributed by atoms with van der Waals surface area (Å²) >= 11 is 1.58. The van der Waals surface area contributed by atoms with Crippen molar-refractivity contribution in [3.05, 3.63) is 115 Å². The fourth-order valence-electron chi connectivity index (χ4n) is 4.84. The fraction of sp³-hybridized carbons (Fsp3) is 0. The van der Waals surface area contributed by atoms with E-state index in [0.717, 1.165) is 64.7 Å². The number of fused-ring (bicyclic) bond motifs is 3. The second-order valence-electron chi connectivity index (χ2n) is 8.71. The van der Waals surface area contributed by atoms with E-state index in [0.29, 0.717) is 0 Å². The van der Waals surface area contributed by atoms with Gasteiger partial charge in [-0.2, -0.15) is 0 Å². The Bertz CT molecular complexity index is 1920. The van der Waals surface area contributed by atoms with Gasteiger partial charge in [-0.1, -0.05) is 94.7 Å². The van der Waals surface area contributed by atoms with Crippen LogP contribution in [0.2, 0.25) is 0 Å². The minimum atomic E-state index is 0. The van der Waals surface area contributed by atoms with Crippen LogP contribution in [0.5, 0.6) is 5.75 Å². The summed E-state index contributed by atoms with van der Waals surface area (Å²) in [4.78, 5) is 9.76. The molecule has 5 heteroatoms. The number of aromatic nitrogens is 2. The van der Waals surface area contributed by atoms with Crippen molar-refractivity contribution in [3.8, 4) is 38.7 Å². The number of pyridine rings is 1. The van der Waals surface area contributed by atoms with Crippen LogP contribution in [-0.2, 0) is 21.1 Å². The third-order valence-electron chi connectivity index (χ3n) is 6.54. The Labute approximate surface area is 232 Å². The van der Waals surface area contributed by atoms with Crippen LogP contribution in [0, 0.1) is 6.07 Å². The molecule has 0 radical (unpaired) electrons. The number of nitrogens with zero attached hydrogens (tertiary/aromatic N) is 2. The van der Waals surface area contributed by atoms with Crippen molar-refractivity contribution in [1.82, 2.24) is 9.97 Å². The van der Waals surface area contributed by atoms with Crippen LogP contribution in [0.4, 0.5) is 0 Å². The van der Waals surface area contributed by atoms with Crippen molar-refractivity contribution < 1.29 is 26.2 Å². The molecule has 180 valence electrons. The SMILES string of the molecule is Oc1ccccc1-c1nc2c(-c3[c-]c(-c4nccc5ccccc45)cc4ccccc34)cccc2s1.[Pt]. The van der Waals surface area contributed by atoms with Gasteiger partial charge in [-0.15, -0.1) is 29.0 Å². The number of hydrogen-bond donors (Lipinski definition) is 1. The molecule has 0 aliphatic rings. The summed E-state index contributed by atoms with van der Waals surface area (Å²) in [6, 6.07) is 38.2. The molecule has 0 saturated heterocycles. The fourth-order valence-corrected chi connectivity index (χ4v) is 5.87. The van der Waals surface area contributed by atoms with Gasteiger partial charge < -0.3 is 5.11 Å². The normalized spacial score (nSPS) is 11.1. The van der Waals surface area contributed by atoms with Crippen LogP contribution in [0.3, 0.4) is 0 Å². The summed E-state index contributed by atoms with van der Waals surface area (Å²) in [7, 11) is 0. The first-order chi connectivity index (χ1) is 17.8. The van der Waals surface area contributed by atoms with Crippen LogP contribution in [-0.4, -0.2) is 15.1 Å². The first kappa shape index (κ1) is 23.5. The molecule has 0 aliphatic heterocycles. The van der Waals surface area contributed by atoms with Crippen LogP contribution in [0.15, 0.2) is 109 Å². The summed E-state index contributed by atoms with van der Waals surface area (Å²) in [5, 5.41) is 15.7. The predicted molar refractivity (Wildman–Crippen MR) is 149 cm³/mol. The van der Waals surface area contributed by atoms with E-state index >= 15 is 0 Å². The Kier molecular flexibility index (Phi) is 6.08. The smallest absolute Gasteiger partial charge is 0.127 e. The zero-order valence-electron chi connectivity index (χ0n) is 19.5. The van der Waals surface area contributed by atoms with E-state index in [1.54, 1.807) is 17.4 Å². The van der Waals surface area contributed by atoms with Crippen molar-refractivity contribution in [1.29, 1.82) is 0 Å². The topological polar surface area (TPSA) is 46.0 Å². The number of hydrogen-bond acceptors (Lipinski definition) is 4.